The maximum absolute atomic E-state index is 12.8. The van der Waals surface area contributed by atoms with Gasteiger partial charge in [0.15, 0.2) is 0 Å². The zero-order chi connectivity index (χ0) is 11.5. The van der Waals surface area contributed by atoms with Gasteiger partial charge < -0.3 is 5.73 Å². The van der Waals surface area contributed by atoms with Crippen LogP contribution in [0, 0.1) is 5.82 Å². The summed E-state index contributed by atoms with van der Waals surface area (Å²) in [6.07, 6.45) is 1.88. The highest BCUT2D eigenvalue weighted by molar-refractivity contribution is 5.74. The highest BCUT2D eigenvalue weighted by Crippen LogP contribution is 2.26. The molecule has 0 atom stereocenters. The summed E-state index contributed by atoms with van der Waals surface area (Å²) < 4.78 is 12.8. The minimum absolute atomic E-state index is 0.258. The molecule has 0 amide bonds. The lowest BCUT2D eigenvalue weighted by Gasteiger charge is -1.99. The molecule has 0 saturated heterocycles. The molecule has 1 aromatic heterocycles. The van der Waals surface area contributed by atoms with E-state index >= 15 is 0 Å². The van der Waals surface area contributed by atoms with Crippen LogP contribution in [-0.2, 0) is 6.42 Å². The number of aromatic amines is 1. The fourth-order valence-corrected chi connectivity index (χ4v) is 1.66. The van der Waals surface area contributed by atoms with E-state index < -0.39 is 0 Å². The number of rotatable bonds is 3. The smallest absolute Gasteiger partial charge is 0.123 e. The van der Waals surface area contributed by atoms with Crippen molar-refractivity contribution < 1.29 is 4.39 Å². The number of nitrogens with two attached hydrogens (primary N) is 1. The summed E-state index contributed by atoms with van der Waals surface area (Å²) in [5.74, 6) is -0.258. The number of hydrogen-bond acceptors (Lipinski definition) is 2. The van der Waals surface area contributed by atoms with Crippen LogP contribution >= 0.6 is 0 Å². The van der Waals surface area contributed by atoms with Crippen LogP contribution in [0.4, 0.5) is 10.1 Å². The average molecular weight is 219 g/mol. The molecular formula is C12H14FN3. The second kappa shape index (κ2) is 4.35. The summed E-state index contributed by atoms with van der Waals surface area (Å²) in [5.41, 5.74) is 9.11. The van der Waals surface area contributed by atoms with E-state index in [0.29, 0.717) is 11.4 Å². The lowest BCUT2D eigenvalue weighted by atomic mass is 10.1. The van der Waals surface area contributed by atoms with Crippen molar-refractivity contribution in [1.82, 2.24) is 10.2 Å². The lowest BCUT2D eigenvalue weighted by molar-refractivity contribution is 0.628. The van der Waals surface area contributed by atoms with Gasteiger partial charge in [0.05, 0.1) is 11.4 Å². The molecule has 0 spiro atoms. The topological polar surface area (TPSA) is 54.7 Å². The molecule has 2 aromatic rings. The summed E-state index contributed by atoms with van der Waals surface area (Å²) in [4.78, 5) is 0. The predicted molar refractivity (Wildman–Crippen MR) is 62.4 cm³/mol. The number of benzene rings is 1. The average Bonchev–Trinajstić information content (AvgIpc) is 2.63. The van der Waals surface area contributed by atoms with Crippen LogP contribution in [0.5, 0.6) is 0 Å². The molecule has 0 aliphatic carbocycles. The third kappa shape index (κ3) is 1.91. The molecule has 4 heteroatoms. The van der Waals surface area contributed by atoms with Gasteiger partial charge in [-0.15, -0.1) is 0 Å². The maximum atomic E-state index is 12.8. The molecule has 0 unspecified atom stereocenters. The Labute approximate surface area is 93.5 Å². The molecule has 0 radical (unpaired) electrons. The van der Waals surface area contributed by atoms with Crippen LogP contribution in [-0.4, -0.2) is 10.2 Å². The van der Waals surface area contributed by atoms with Crippen molar-refractivity contribution in [3.8, 4) is 11.3 Å². The van der Waals surface area contributed by atoms with Crippen LogP contribution in [0.2, 0.25) is 0 Å². The Morgan fingerprint density at radius 2 is 2.00 bits per heavy atom. The van der Waals surface area contributed by atoms with Crippen LogP contribution in [0.1, 0.15) is 19.0 Å². The first-order valence-electron chi connectivity index (χ1n) is 5.31. The molecule has 1 aromatic carbocycles. The number of halogens is 1. The Balaban J connectivity index is 2.37. The largest absolute Gasteiger partial charge is 0.395 e. The van der Waals surface area contributed by atoms with E-state index in [-0.39, 0.29) is 5.82 Å². The first-order valence-corrected chi connectivity index (χ1v) is 5.31. The fraction of sp³-hybridized carbons (Fsp3) is 0.250. The third-order valence-corrected chi connectivity index (χ3v) is 2.50. The molecule has 0 aliphatic heterocycles. The second-order valence-corrected chi connectivity index (χ2v) is 3.72. The molecule has 0 saturated carbocycles. The van der Waals surface area contributed by atoms with Crippen molar-refractivity contribution in [3.05, 3.63) is 35.8 Å². The van der Waals surface area contributed by atoms with Gasteiger partial charge in [0.2, 0.25) is 0 Å². The number of hydrogen-bond donors (Lipinski definition) is 2. The molecule has 84 valence electrons. The second-order valence-electron chi connectivity index (χ2n) is 3.72. The van der Waals surface area contributed by atoms with Gasteiger partial charge in [-0.05, 0) is 30.7 Å². The normalized spacial score (nSPS) is 10.6. The summed E-state index contributed by atoms with van der Waals surface area (Å²) in [6, 6.07) is 6.17. The van der Waals surface area contributed by atoms with Crippen LogP contribution in [0.3, 0.4) is 0 Å². The van der Waals surface area contributed by atoms with Gasteiger partial charge in [0.25, 0.3) is 0 Å². The van der Waals surface area contributed by atoms with Gasteiger partial charge in [-0.3, -0.25) is 5.10 Å². The highest BCUT2D eigenvalue weighted by Gasteiger charge is 2.10. The van der Waals surface area contributed by atoms with Crippen molar-refractivity contribution in [2.75, 3.05) is 5.73 Å². The molecule has 3 nitrogen and oxygen atoms in total. The number of H-pyrrole nitrogens is 1. The molecule has 1 heterocycles. The van der Waals surface area contributed by atoms with Gasteiger partial charge >= 0.3 is 0 Å². The third-order valence-electron chi connectivity index (χ3n) is 2.50. The Hall–Kier alpha value is -1.84. The van der Waals surface area contributed by atoms with Crippen molar-refractivity contribution in [3.63, 3.8) is 0 Å². The Bertz CT molecular complexity index is 474. The molecule has 3 N–H and O–H groups in total. The Morgan fingerprint density at radius 1 is 1.31 bits per heavy atom. The van der Waals surface area contributed by atoms with Gasteiger partial charge in [-0.2, -0.15) is 5.10 Å². The zero-order valence-corrected chi connectivity index (χ0v) is 9.13. The predicted octanol–water partition coefficient (Wildman–Crippen LogP) is 2.75. The fourth-order valence-electron chi connectivity index (χ4n) is 1.66. The van der Waals surface area contributed by atoms with E-state index in [1.807, 2.05) is 0 Å². The summed E-state index contributed by atoms with van der Waals surface area (Å²) in [6.45, 7) is 2.08. The summed E-state index contributed by atoms with van der Waals surface area (Å²) in [7, 11) is 0. The first kappa shape index (κ1) is 10.7. The Morgan fingerprint density at radius 3 is 2.62 bits per heavy atom. The van der Waals surface area contributed by atoms with E-state index in [4.69, 9.17) is 5.73 Å². The van der Waals surface area contributed by atoms with Crippen molar-refractivity contribution in [2.45, 2.75) is 19.8 Å². The quantitative estimate of drug-likeness (QED) is 0.834. The van der Waals surface area contributed by atoms with Crippen LogP contribution < -0.4 is 5.73 Å². The maximum Gasteiger partial charge on any atom is 0.123 e. The molecule has 16 heavy (non-hydrogen) atoms. The lowest BCUT2D eigenvalue weighted by Crippen LogP contribution is -1.92. The van der Waals surface area contributed by atoms with E-state index in [1.54, 1.807) is 12.1 Å². The highest BCUT2D eigenvalue weighted by atomic mass is 19.1. The minimum Gasteiger partial charge on any atom is -0.395 e. The number of aryl methyl sites for hydroxylation is 1. The van der Waals surface area contributed by atoms with Gasteiger partial charge in [0.1, 0.15) is 11.5 Å². The SMILES string of the molecule is CCCc1[nH]nc(-c2ccc(F)cc2)c1N. The Kier molecular flexibility index (Phi) is 2.90. The summed E-state index contributed by atoms with van der Waals surface area (Å²) >= 11 is 0. The monoisotopic (exact) mass is 219 g/mol. The van der Waals surface area contributed by atoms with Crippen LogP contribution in [0.25, 0.3) is 11.3 Å². The van der Waals surface area contributed by atoms with E-state index in [9.17, 15) is 4.39 Å². The van der Waals surface area contributed by atoms with Gasteiger partial charge in [0, 0.05) is 5.56 Å². The number of nitrogens with one attached hydrogen (secondary N) is 1. The number of nitrogens with zero attached hydrogens (tertiary/aromatic N) is 1. The van der Waals surface area contributed by atoms with Crippen LogP contribution in [0.15, 0.2) is 24.3 Å². The minimum atomic E-state index is -0.258. The molecule has 0 fully saturated rings. The van der Waals surface area contributed by atoms with Crippen molar-refractivity contribution in [2.24, 2.45) is 0 Å². The molecular weight excluding hydrogens is 205 g/mol. The zero-order valence-electron chi connectivity index (χ0n) is 9.13. The molecule has 2 rings (SSSR count). The van der Waals surface area contributed by atoms with Gasteiger partial charge in [-0.25, -0.2) is 4.39 Å². The van der Waals surface area contributed by atoms with E-state index in [0.717, 1.165) is 24.1 Å². The molecule has 0 bridgehead atoms. The number of anilines is 1. The van der Waals surface area contributed by atoms with Crippen molar-refractivity contribution in [1.29, 1.82) is 0 Å². The standard InChI is InChI=1S/C12H14FN3/c1-2-3-10-11(14)12(16-15-10)8-4-6-9(13)7-5-8/h4-7H,2-3,14H2,1H3,(H,15,16). The number of nitrogen functional groups attached to an aromatic ring is 1. The molecule has 0 aliphatic rings. The first-order chi connectivity index (χ1) is 7.72. The number of aromatic nitrogens is 2. The van der Waals surface area contributed by atoms with E-state index in [1.165, 1.54) is 12.1 Å². The van der Waals surface area contributed by atoms with Gasteiger partial charge in [-0.1, -0.05) is 13.3 Å². The summed E-state index contributed by atoms with van der Waals surface area (Å²) in [5, 5.41) is 7.08. The van der Waals surface area contributed by atoms with Crippen molar-refractivity contribution >= 4 is 5.69 Å². The van der Waals surface area contributed by atoms with E-state index in [2.05, 4.69) is 17.1 Å².